The van der Waals surface area contributed by atoms with Crippen LogP contribution in [0.3, 0.4) is 0 Å². The van der Waals surface area contributed by atoms with Crippen LogP contribution in [-0.2, 0) is 4.74 Å². The molecule has 2 rings (SSSR count). The van der Waals surface area contributed by atoms with E-state index in [1.807, 2.05) is 19.1 Å². The minimum Gasteiger partial charge on any atom is -0.368 e. The van der Waals surface area contributed by atoms with E-state index < -0.39 is 0 Å². The summed E-state index contributed by atoms with van der Waals surface area (Å²) in [5.74, 6) is 1.49. The second-order valence-corrected chi connectivity index (χ2v) is 7.84. The predicted molar refractivity (Wildman–Crippen MR) is 82.8 cm³/mol. The summed E-state index contributed by atoms with van der Waals surface area (Å²) >= 11 is 7.60. The van der Waals surface area contributed by atoms with Gasteiger partial charge in [0.1, 0.15) is 6.10 Å². The van der Waals surface area contributed by atoms with E-state index >= 15 is 0 Å². The predicted octanol–water partition coefficient (Wildman–Crippen LogP) is 4.63. The molecule has 0 bridgehead atoms. The van der Waals surface area contributed by atoms with Gasteiger partial charge in [-0.25, -0.2) is 0 Å². The highest BCUT2D eigenvalue weighted by Gasteiger charge is 2.29. The summed E-state index contributed by atoms with van der Waals surface area (Å²) in [7, 11) is 0. The quantitative estimate of drug-likeness (QED) is 0.880. The molecule has 108 valence electrons. The third-order valence-electron chi connectivity index (χ3n) is 3.83. The molecule has 0 aromatic carbocycles. The van der Waals surface area contributed by atoms with E-state index in [4.69, 9.17) is 22.1 Å². The van der Waals surface area contributed by atoms with Crippen LogP contribution in [0.5, 0.6) is 0 Å². The van der Waals surface area contributed by atoms with Crippen molar-refractivity contribution in [1.82, 2.24) is 0 Å². The number of hydrogen-bond donors (Lipinski definition) is 1. The summed E-state index contributed by atoms with van der Waals surface area (Å²) in [4.78, 5) is 1.14. The Kier molecular flexibility index (Phi) is 5.29. The van der Waals surface area contributed by atoms with Gasteiger partial charge in [-0.15, -0.1) is 11.3 Å². The molecule has 4 heteroatoms. The van der Waals surface area contributed by atoms with E-state index in [0.29, 0.717) is 6.10 Å². The van der Waals surface area contributed by atoms with Gasteiger partial charge in [0, 0.05) is 10.9 Å². The average molecular weight is 302 g/mol. The third-order valence-corrected chi connectivity index (χ3v) is 5.12. The molecule has 1 fully saturated rings. The first-order chi connectivity index (χ1) is 8.95. The van der Waals surface area contributed by atoms with E-state index in [0.717, 1.165) is 33.9 Å². The van der Waals surface area contributed by atoms with Crippen molar-refractivity contribution in [2.24, 2.45) is 17.6 Å². The monoisotopic (exact) mass is 301 g/mol. The molecule has 2 N–H and O–H groups in total. The Morgan fingerprint density at radius 3 is 2.37 bits per heavy atom. The molecule has 1 heterocycles. The molecule has 2 nitrogen and oxygen atoms in total. The number of thiophene rings is 1. The molecule has 0 radical (unpaired) electrons. The fraction of sp³-hybridized carbons (Fsp3) is 0.733. The van der Waals surface area contributed by atoms with Crippen LogP contribution >= 0.6 is 22.9 Å². The van der Waals surface area contributed by atoms with Crippen molar-refractivity contribution < 1.29 is 4.74 Å². The van der Waals surface area contributed by atoms with Crippen molar-refractivity contribution in [2.75, 3.05) is 0 Å². The summed E-state index contributed by atoms with van der Waals surface area (Å²) in [5, 5.41) is 0. The maximum absolute atomic E-state index is 6.32. The largest absolute Gasteiger partial charge is 0.368 e. The molecule has 1 aliphatic carbocycles. The number of halogens is 1. The standard InChI is InChI=1S/C15H24ClNOS/c1-9-6-10(2)8-12(7-9)18-15(11(3)17)13-4-5-14(16)19-13/h4-5,9-12,15H,6-8,17H2,1-3H3. The lowest BCUT2D eigenvalue weighted by atomic mass is 9.81. The zero-order valence-corrected chi connectivity index (χ0v) is 13.5. The van der Waals surface area contributed by atoms with E-state index in [9.17, 15) is 0 Å². The Balaban J connectivity index is 2.04. The molecule has 1 saturated carbocycles. The summed E-state index contributed by atoms with van der Waals surface area (Å²) in [6.45, 7) is 6.64. The van der Waals surface area contributed by atoms with Gasteiger partial charge in [0.2, 0.25) is 0 Å². The Morgan fingerprint density at radius 2 is 1.89 bits per heavy atom. The summed E-state index contributed by atoms with van der Waals surface area (Å²) < 4.78 is 7.12. The topological polar surface area (TPSA) is 35.2 Å². The molecule has 0 aliphatic heterocycles. The van der Waals surface area contributed by atoms with Crippen molar-refractivity contribution in [3.05, 3.63) is 21.3 Å². The van der Waals surface area contributed by atoms with Crippen LogP contribution in [0.15, 0.2) is 12.1 Å². The van der Waals surface area contributed by atoms with Crippen molar-refractivity contribution in [1.29, 1.82) is 0 Å². The van der Waals surface area contributed by atoms with Gasteiger partial charge in [-0.05, 0) is 50.2 Å². The van der Waals surface area contributed by atoms with E-state index in [2.05, 4.69) is 13.8 Å². The van der Waals surface area contributed by atoms with Crippen molar-refractivity contribution in [3.8, 4) is 0 Å². The summed E-state index contributed by atoms with van der Waals surface area (Å²) in [5.41, 5.74) is 6.10. The highest BCUT2D eigenvalue weighted by molar-refractivity contribution is 7.16. The van der Waals surface area contributed by atoms with E-state index in [-0.39, 0.29) is 12.1 Å². The summed E-state index contributed by atoms with van der Waals surface area (Å²) in [6.07, 6.45) is 3.91. The van der Waals surface area contributed by atoms with Gasteiger partial charge in [-0.1, -0.05) is 25.4 Å². The fourth-order valence-corrected chi connectivity index (χ4v) is 4.34. The zero-order valence-electron chi connectivity index (χ0n) is 11.9. The maximum atomic E-state index is 6.32. The van der Waals surface area contributed by atoms with Crippen molar-refractivity contribution in [3.63, 3.8) is 0 Å². The van der Waals surface area contributed by atoms with E-state index in [1.54, 1.807) is 11.3 Å². The average Bonchev–Trinajstić information content (AvgIpc) is 2.70. The third kappa shape index (κ3) is 4.19. The first kappa shape index (κ1) is 15.3. The zero-order chi connectivity index (χ0) is 14.0. The van der Waals surface area contributed by atoms with Gasteiger partial charge < -0.3 is 10.5 Å². The number of rotatable bonds is 4. The molecule has 1 aromatic rings. The van der Waals surface area contributed by atoms with Crippen molar-refractivity contribution in [2.45, 2.75) is 58.3 Å². The van der Waals surface area contributed by atoms with Crippen LogP contribution in [0.4, 0.5) is 0 Å². The van der Waals surface area contributed by atoms with Crippen molar-refractivity contribution >= 4 is 22.9 Å². The van der Waals surface area contributed by atoms with Crippen LogP contribution in [-0.4, -0.2) is 12.1 Å². The highest BCUT2D eigenvalue weighted by atomic mass is 35.5. The molecule has 19 heavy (non-hydrogen) atoms. The van der Waals surface area contributed by atoms with Gasteiger partial charge in [0.05, 0.1) is 10.4 Å². The maximum Gasteiger partial charge on any atom is 0.107 e. The minimum atomic E-state index is -0.0278. The lowest BCUT2D eigenvalue weighted by Gasteiger charge is -2.34. The van der Waals surface area contributed by atoms with Crippen LogP contribution in [0.25, 0.3) is 0 Å². The Labute approximate surface area is 125 Å². The first-order valence-corrected chi connectivity index (χ1v) is 8.31. The van der Waals surface area contributed by atoms with Gasteiger partial charge >= 0.3 is 0 Å². The number of ether oxygens (including phenoxy) is 1. The lowest BCUT2D eigenvalue weighted by Crippen LogP contribution is -2.33. The van der Waals surface area contributed by atoms with Crippen LogP contribution < -0.4 is 5.73 Å². The molecule has 1 aliphatic rings. The molecular formula is C15H24ClNOS. The lowest BCUT2D eigenvalue weighted by molar-refractivity contribution is -0.0570. The molecule has 4 unspecified atom stereocenters. The smallest absolute Gasteiger partial charge is 0.107 e. The Morgan fingerprint density at radius 1 is 1.26 bits per heavy atom. The van der Waals surface area contributed by atoms with Crippen LogP contribution in [0.2, 0.25) is 4.34 Å². The normalized spacial score (nSPS) is 31.1. The summed E-state index contributed by atoms with van der Waals surface area (Å²) in [6, 6.07) is 3.95. The Hall–Kier alpha value is -0.0900. The van der Waals surface area contributed by atoms with Gasteiger partial charge in [-0.2, -0.15) is 0 Å². The molecule has 0 saturated heterocycles. The fourth-order valence-electron chi connectivity index (χ4n) is 3.12. The number of nitrogens with two attached hydrogens (primary N) is 1. The molecular weight excluding hydrogens is 278 g/mol. The van der Waals surface area contributed by atoms with Gasteiger partial charge in [-0.3, -0.25) is 0 Å². The Bertz CT molecular complexity index is 397. The van der Waals surface area contributed by atoms with Gasteiger partial charge in [0.15, 0.2) is 0 Å². The van der Waals surface area contributed by atoms with Gasteiger partial charge in [0.25, 0.3) is 0 Å². The van der Waals surface area contributed by atoms with E-state index in [1.165, 1.54) is 6.42 Å². The second kappa shape index (κ2) is 6.57. The highest BCUT2D eigenvalue weighted by Crippen LogP contribution is 2.36. The van der Waals surface area contributed by atoms with Crippen LogP contribution in [0.1, 0.15) is 51.0 Å². The SMILES string of the molecule is CC1CC(C)CC(OC(c2ccc(Cl)s2)C(C)N)C1. The second-order valence-electron chi connectivity index (χ2n) is 6.10. The molecule has 0 spiro atoms. The molecule has 4 atom stereocenters. The number of hydrogen-bond acceptors (Lipinski definition) is 3. The first-order valence-electron chi connectivity index (χ1n) is 7.12. The minimum absolute atomic E-state index is 0.0118. The van der Waals surface area contributed by atoms with Crippen LogP contribution in [0, 0.1) is 11.8 Å². The molecule has 1 aromatic heterocycles. The molecule has 0 amide bonds.